The number of hydrogen-bond acceptors (Lipinski definition) is 4. The Labute approximate surface area is 153 Å². The van der Waals surface area contributed by atoms with Crippen LogP contribution in [0, 0.1) is 0 Å². The van der Waals surface area contributed by atoms with Crippen molar-refractivity contribution in [2.45, 2.75) is 24.4 Å². The van der Waals surface area contributed by atoms with Gasteiger partial charge in [-0.2, -0.15) is 5.10 Å². The average molecular weight is 370 g/mol. The zero-order valence-corrected chi connectivity index (χ0v) is 15.8. The molecule has 7 heteroatoms. The highest BCUT2D eigenvalue weighted by atomic mass is 32.2. The largest absolute Gasteiger partial charge is 0.294 e. The van der Waals surface area contributed by atoms with Crippen molar-refractivity contribution in [3.05, 3.63) is 59.3 Å². The molecule has 0 bridgehead atoms. The summed E-state index contributed by atoms with van der Waals surface area (Å²) in [7, 11) is -0.251. The third-order valence-electron chi connectivity index (χ3n) is 4.97. The molecule has 0 unspecified atom stereocenters. The van der Waals surface area contributed by atoms with Crippen LogP contribution in [-0.4, -0.2) is 48.5 Å². The number of hydrogen-bond donors (Lipinski definition) is 1. The van der Waals surface area contributed by atoms with Crippen LogP contribution >= 0.6 is 0 Å². The lowest BCUT2D eigenvalue weighted by atomic mass is 9.99. The van der Waals surface area contributed by atoms with Gasteiger partial charge < -0.3 is 0 Å². The van der Waals surface area contributed by atoms with Gasteiger partial charge in [-0.3, -0.25) is 10.00 Å². The van der Waals surface area contributed by atoms with Crippen molar-refractivity contribution in [3.8, 4) is 0 Å². The summed E-state index contributed by atoms with van der Waals surface area (Å²) in [6.07, 6.45) is 2.56. The summed E-state index contributed by atoms with van der Waals surface area (Å²) in [6, 6.07) is 11.9. The summed E-state index contributed by atoms with van der Waals surface area (Å²) in [5.41, 5.74) is 4.32. The van der Waals surface area contributed by atoms with E-state index in [4.69, 9.17) is 0 Å². The van der Waals surface area contributed by atoms with Crippen LogP contribution in [0.4, 0.5) is 0 Å². The molecule has 0 aliphatic carbocycles. The highest BCUT2D eigenvalue weighted by Gasteiger charge is 2.26. The van der Waals surface area contributed by atoms with Crippen LogP contribution in [0.15, 0.2) is 47.5 Å². The first kappa shape index (κ1) is 17.2. The number of nitrogens with zero attached hydrogens (tertiary/aromatic N) is 3. The second-order valence-corrected chi connectivity index (χ2v) is 9.05. The van der Waals surface area contributed by atoms with Gasteiger partial charge in [0.1, 0.15) is 0 Å². The Balaban J connectivity index is 1.58. The summed E-state index contributed by atoms with van der Waals surface area (Å²) in [6.45, 7) is 2.43. The van der Waals surface area contributed by atoms with Gasteiger partial charge in [0.2, 0.25) is 10.0 Å². The molecule has 26 heavy (non-hydrogen) atoms. The number of H-pyrrole nitrogens is 1. The van der Waals surface area contributed by atoms with E-state index in [9.17, 15) is 8.42 Å². The van der Waals surface area contributed by atoms with Crippen LogP contribution < -0.4 is 0 Å². The van der Waals surface area contributed by atoms with Crippen LogP contribution in [0.1, 0.15) is 16.7 Å². The fraction of sp³-hybridized carbons (Fsp3) is 0.316. The second kappa shape index (κ2) is 6.50. The SMILES string of the molecule is CN(C)S(=O)(=O)c1cccc2c1CCN(Cc1ccc3cn[nH]c3c1)C2. The van der Waals surface area contributed by atoms with Gasteiger partial charge in [-0.1, -0.05) is 24.3 Å². The number of aromatic amines is 1. The summed E-state index contributed by atoms with van der Waals surface area (Å²) in [5.74, 6) is 0. The van der Waals surface area contributed by atoms with Crippen molar-refractivity contribution < 1.29 is 8.42 Å². The molecule has 136 valence electrons. The third kappa shape index (κ3) is 3.02. The molecule has 3 aromatic rings. The highest BCUT2D eigenvalue weighted by Crippen LogP contribution is 2.28. The van der Waals surface area contributed by atoms with E-state index in [1.807, 2.05) is 18.3 Å². The zero-order valence-electron chi connectivity index (χ0n) is 14.9. The Bertz CT molecular complexity index is 1060. The van der Waals surface area contributed by atoms with Gasteiger partial charge in [0, 0.05) is 39.1 Å². The standard InChI is InChI=1S/C19H22N4O2S/c1-22(2)26(24,25)19-5-3-4-16-13-23(9-8-17(16)19)12-14-6-7-15-11-20-21-18(15)10-14/h3-7,10-11H,8-9,12-13H2,1-2H3,(H,20,21). The fourth-order valence-electron chi connectivity index (χ4n) is 3.55. The predicted molar refractivity (Wildman–Crippen MR) is 101 cm³/mol. The molecule has 1 aliphatic heterocycles. The molecule has 1 aromatic heterocycles. The summed E-state index contributed by atoms with van der Waals surface area (Å²) in [5, 5.41) is 8.18. The normalized spacial score (nSPS) is 15.5. The Kier molecular flexibility index (Phi) is 4.30. The molecule has 1 N–H and O–H groups in total. The molecule has 0 fully saturated rings. The summed E-state index contributed by atoms with van der Waals surface area (Å²) < 4.78 is 26.4. The van der Waals surface area contributed by atoms with Gasteiger partial charge in [0.15, 0.2) is 0 Å². The van der Waals surface area contributed by atoms with Crippen LogP contribution in [-0.2, 0) is 29.5 Å². The molecule has 0 saturated carbocycles. The van der Waals surface area contributed by atoms with Gasteiger partial charge in [-0.25, -0.2) is 12.7 Å². The Hall–Kier alpha value is -2.22. The van der Waals surface area contributed by atoms with Crippen LogP contribution in [0.5, 0.6) is 0 Å². The van der Waals surface area contributed by atoms with Crippen LogP contribution in [0.3, 0.4) is 0 Å². The van der Waals surface area contributed by atoms with E-state index in [1.54, 1.807) is 20.2 Å². The van der Waals surface area contributed by atoms with E-state index in [1.165, 1.54) is 9.87 Å². The molecule has 4 rings (SSSR count). The van der Waals surface area contributed by atoms with E-state index in [2.05, 4.69) is 33.3 Å². The number of aromatic nitrogens is 2. The van der Waals surface area contributed by atoms with E-state index in [0.29, 0.717) is 4.90 Å². The number of nitrogens with one attached hydrogen (secondary N) is 1. The minimum atomic E-state index is -3.41. The van der Waals surface area contributed by atoms with E-state index in [-0.39, 0.29) is 0 Å². The fourth-order valence-corrected chi connectivity index (χ4v) is 4.74. The zero-order chi connectivity index (χ0) is 18.3. The molecule has 2 heterocycles. The molecule has 6 nitrogen and oxygen atoms in total. The topological polar surface area (TPSA) is 69.3 Å². The number of benzene rings is 2. The van der Waals surface area contributed by atoms with Gasteiger partial charge in [-0.15, -0.1) is 0 Å². The minimum Gasteiger partial charge on any atom is -0.294 e. The summed E-state index contributed by atoms with van der Waals surface area (Å²) in [4.78, 5) is 2.80. The van der Waals surface area contributed by atoms with Gasteiger partial charge in [0.25, 0.3) is 0 Å². The molecule has 0 spiro atoms. The first-order chi connectivity index (χ1) is 12.4. The summed E-state index contributed by atoms with van der Waals surface area (Å²) >= 11 is 0. The maximum absolute atomic E-state index is 12.6. The maximum atomic E-state index is 12.6. The lowest BCUT2D eigenvalue weighted by Gasteiger charge is -2.30. The molecule has 0 amide bonds. The molecule has 1 aliphatic rings. The van der Waals surface area contributed by atoms with E-state index >= 15 is 0 Å². The van der Waals surface area contributed by atoms with Gasteiger partial charge >= 0.3 is 0 Å². The van der Waals surface area contributed by atoms with Crippen molar-refractivity contribution in [1.29, 1.82) is 0 Å². The lowest BCUT2D eigenvalue weighted by molar-refractivity contribution is 0.244. The van der Waals surface area contributed by atoms with E-state index < -0.39 is 10.0 Å². The molecule has 0 saturated heterocycles. The molecule has 2 aromatic carbocycles. The first-order valence-corrected chi connectivity index (χ1v) is 10.1. The minimum absolute atomic E-state index is 0.443. The van der Waals surface area contributed by atoms with Crippen molar-refractivity contribution >= 4 is 20.9 Å². The average Bonchev–Trinajstić information content (AvgIpc) is 3.08. The van der Waals surface area contributed by atoms with Gasteiger partial charge in [0.05, 0.1) is 16.6 Å². The van der Waals surface area contributed by atoms with Crippen molar-refractivity contribution in [2.24, 2.45) is 0 Å². The predicted octanol–water partition coefficient (Wildman–Crippen LogP) is 2.37. The van der Waals surface area contributed by atoms with Crippen molar-refractivity contribution in [1.82, 2.24) is 19.4 Å². The Morgan fingerprint density at radius 1 is 1.23 bits per heavy atom. The number of sulfonamides is 1. The first-order valence-electron chi connectivity index (χ1n) is 8.63. The smallest absolute Gasteiger partial charge is 0.242 e. The second-order valence-electron chi connectivity index (χ2n) is 6.93. The molecule has 0 radical (unpaired) electrons. The van der Waals surface area contributed by atoms with Crippen molar-refractivity contribution in [2.75, 3.05) is 20.6 Å². The Morgan fingerprint density at radius 3 is 2.88 bits per heavy atom. The van der Waals surface area contributed by atoms with Crippen molar-refractivity contribution in [3.63, 3.8) is 0 Å². The monoisotopic (exact) mass is 370 g/mol. The molecular weight excluding hydrogens is 348 g/mol. The lowest BCUT2D eigenvalue weighted by Crippen LogP contribution is -2.32. The van der Waals surface area contributed by atoms with Gasteiger partial charge in [-0.05, 0) is 35.2 Å². The quantitative estimate of drug-likeness (QED) is 0.766. The molecule has 0 atom stereocenters. The number of rotatable bonds is 4. The highest BCUT2D eigenvalue weighted by molar-refractivity contribution is 7.89. The van der Waals surface area contributed by atoms with E-state index in [0.717, 1.165) is 48.1 Å². The Morgan fingerprint density at radius 2 is 2.08 bits per heavy atom. The third-order valence-corrected chi connectivity index (χ3v) is 6.87. The number of fused-ring (bicyclic) bond motifs is 2. The van der Waals surface area contributed by atoms with Crippen LogP contribution in [0.2, 0.25) is 0 Å². The maximum Gasteiger partial charge on any atom is 0.242 e. The molecular formula is C19H22N4O2S. The van der Waals surface area contributed by atoms with Crippen LogP contribution in [0.25, 0.3) is 10.9 Å².